The van der Waals surface area contributed by atoms with Crippen LogP contribution in [0.15, 0.2) is 84.4 Å². The molecule has 3 aromatic rings. The number of nitrogens with one attached hydrogen (secondary N) is 1. The summed E-state index contributed by atoms with van der Waals surface area (Å²) in [5.74, 6) is -1.72. The predicted octanol–water partition coefficient (Wildman–Crippen LogP) is 4.22. The second kappa shape index (κ2) is 9.50. The summed E-state index contributed by atoms with van der Waals surface area (Å²) >= 11 is 5.82. The van der Waals surface area contributed by atoms with Gasteiger partial charge in [-0.25, -0.2) is 9.59 Å². The minimum Gasteiger partial charge on any atom is -0.423 e. The van der Waals surface area contributed by atoms with Gasteiger partial charge in [-0.15, -0.1) is 0 Å². The molecule has 1 aliphatic rings. The molecule has 0 unspecified atom stereocenters. The first kappa shape index (κ1) is 22.0. The first-order chi connectivity index (χ1) is 15.9. The second-order valence-corrected chi connectivity index (χ2v) is 7.60. The summed E-state index contributed by atoms with van der Waals surface area (Å²) in [4.78, 5) is 50.5. The minimum atomic E-state index is -0.771. The van der Waals surface area contributed by atoms with E-state index in [1.807, 2.05) is 6.07 Å². The lowest BCUT2D eigenvalue weighted by atomic mass is 10.1. The smallest absolute Gasteiger partial charge is 0.343 e. The lowest BCUT2D eigenvalue weighted by Crippen LogP contribution is -2.53. The lowest BCUT2D eigenvalue weighted by molar-refractivity contribution is -0.130. The van der Waals surface area contributed by atoms with Gasteiger partial charge in [0.1, 0.15) is 11.3 Å². The third-order valence-corrected chi connectivity index (χ3v) is 5.10. The van der Waals surface area contributed by atoms with E-state index in [0.717, 1.165) is 10.5 Å². The number of barbiturate groups is 1. The molecule has 8 heteroatoms. The molecule has 1 aliphatic heterocycles. The number of ether oxygens (including phenoxy) is 1. The summed E-state index contributed by atoms with van der Waals surface area (Å²) in [5, 5.41) is 2.70. The van der Waals surface area contributed by atoms with Crippen LogP contribution < -0.4 is 10.1 Å². The van der Waals surface area contributed by atoms with Crippen molar-refractivity contribution in [2.24, 2.45) is 0 Å². The number of benzene rings is 3. The van der Waals surface area contributed by atoms with E-state index < -0.39 is 23.8 Å². The molecule has 164 valence electrons. The number of carbonyl (C=O) groups is 4. The van der Waals surface area contributed by atoms with Crippen molar-refractivity contribution in [1.82, 2.24) is 10.2 Å². The van der Waals surface area contributed by atoms with Gasteiger partial charge >= 0.3 is 12.0 Å². The fourth-order valence-electron chi connectivity index (χ4n) is 3.15. The zero-order valence-corrected chi connectivity index (χ0v) is 17.9. The summed E-state index contributed by atoms with van der Waals surface area (Å²) < 4.78 is 5.32. The van der Waals surface area contributed by atoms with Crippen LogP contribution in [0.25, 0.3) is 6.08 Å². The van der Waals surface area contributed by atoms with Crippen molar-refractivity contribution in [3.05, 3.63) is 106 Å². The summed E-state index contributed by atoms with van der Waals surface area (Å²) in [7, 11) is 0. The molecule has 33 heavy (non-hydrogen) atoms. The second-order valence-electron chi connectivity index (χ2n) is 7.16. The highest BCUT2D eigenvalue weighted by atomic mass is 35.5. The van der Waals surface area contributed by atoms with Crippen LogP contribution in [0.2, 0.25) is 5.02 Å². The van der Waals surface area contributed by atoms with Crippen molar-refractivity contribution in [2.45, 2.75) is 6.54 Å². The van der Waals surface area contributed by atoms with Crippen LogP contribution in [0, 0.1) is 0 Å². The maximum atomic E-state index is 12.8. The van der Waals surface area contributed by atoms with Gasteiger partial charge in [-0.2, -0.15) is 0 Å². The number of nitrogens with zero attached hydrogens (tertiary/aromatic N) is 1. The third-order valence-electron chi connectivity index (χ3n) is 4.85. The lowest BCUT2D eigenvalue weighted by Gasteiger charge is -2.26. The number of rotatable bonds is 5. The average molecular weight is 461 g/mol. The van der Waals surface area contributed by atoms with Crippen molar-refractivity contribution in [3.63, 3.8) is 0 Å². The number of esters is 1. The van der Waals surface area contributed by atoms with Crippen LogP contribution in [0.5, 0.6) is 5.75 Å². The van der Waals surface area contributed by atoms with E-state index in [9.17, 15) is 19.2 Å². The fraction of sp³-hybridized carbons (Fsp3) is 0.0400. The van der Waals surface area contributed by atoms with Crippen molar-refractivity contribution in [2.75, 3.05) is 0 Å². The van der Waals surface area contributed by atoms with E-state index in [-0.39, 0.29) is 17.9 Å². The molecule has 0 spiro atoms. The van der Waals surface area contributed by atoms with Gasteiger partial charge < -0.3 is 4.74 Å². The van der Waals surface area contributed by atoms with Crippen molar-refractivity contribution < 1.29 is 23.9 Å². The molecular formula is C25H17ClN2O5. The van der Waals surface area contributed by atoms with Crippen molar-refractivity contribution >= 4 is 41.5 Å². The van der Waals surface area contributed by atoms with Gasteiger partial charge in [-0.05, 0) is 53.6 Å². The van der Waals surface area contributed by atoms with Crippen LogP contribution >= 0.6 is 11.6 Å². The highest BCUT2D eigenvalue weighted by Gasteiger charge is 2.35. The van der Waals surface area contributed by atoms with Crippen LogP contribution in [0.1, 0.15) is 21.5 Å². The molecule has 7 nitrogen and oxygen atoms in total. The number of carbonyl (C=O) groups excluding carboxylic acids is 4. The van der Waals surface area contributed by atoms with Gasteiger partial charge in [-0.1, -0.05) is 54.1 Å². The molecule has 4 rings (SSSR count). The normalized spacial score (nSPS) is 14.9. The van der Waals surface area contributed by atoms with Gasteiger partial charge in [0, 0.05) is 5.02 Å². The fourth-order valence-corrected chi connectivity index (χ4v) is 3.28. The zero-order valence-electron chi connectivity index (χ0n) is 17.2. The SMILES string of the molecule is O=C1NC(=O)N(Cc2ccccc2)C(=O)C1=Cc1ccc(OC(=O)c2ccc(Cl)cc2)cc1. The van der Waals surface area contributed by atoms with Crippen LogP contribution in [-0.4, -0.2) is 28.7 Å². The minimum absolute atomic E-state index is 0.0374. The molecule has 1 N–H and O–H groups in total. The van der Waals surface area contributed by atoms with Gasteiger partial charge in [0.25, 0.3) is 11.8 Å². The number of hydrogen-bond acceptors (Lipinski definition) is 5. The largest absolute Gasteiger partial charge is 0.423 e. The maximum absolute atomic E-state index is 12.8. The summed E-state index contributed by atoms with van der Waals surface area (Å²) in [5.41, 5.74) is 1.45. The van der Waals surface area contributed by atoms with E-state index in [2.05, 4.69) is 5.32 Å². The van der Waals surface area contributed by atoms with Crippen LogP contribution in [0.4, 0.5) is 4.79 Å². The van der Waals surface area contributed by atoms with E-state index in [1.165, 1.54) is 18.2 Å². The molecule has 0 saturated carbocycles. The Morgan fingerprint density at radius 1 is 0.909 bits per heavy atom. The van der Waals surface area contributed by atoms with Crippen LogP contribution in [-0.2, 0) is 16.1 Å². The molecule has 1 saturated heterocycles. The highest BCUT2D eigenvalue weighted by molar-refractivity contribution is 6.31. The molecule has 0 atom stereocenters. The van der Waals surface area contributed by atoms with E-state index >= 15 is 0 Å². The Balaban J connectivity index is 1.49. The average Bonchev–Trinajstić information content (AvgIpc) is 2.81. The number of imide groups is 2. The topological polar surface area (TPSA) is 92.8 Å². The number of amides is 4. The Hall–Kier alpha value is -4.23. The standard InChI is InChI=1S/C25H17ClN2O5/c26-19-10-8-18(9-11-19)24(31)33-20-12-6-16(7-13-20)14-21-22(29)27-25(32)28(23(21)30)15-17-4-2-1-3-5-17/h1-14H,15H2,(H,27,29,32). The van der Waals surface area contributed by atoms with Crippen molar-refractivity contribution in [1.29, 1.82) is 0 Å². The summed E-state index contributed by atoms with van der Waals surface area (Å²) in [6, 6.07) is 20.8. The molecule has 0 bridgehead atoms. The third kappa shape index (κ3) is 5.16. The first-order valence-electron chi connectivity index (χ1n) is 9.91. The number of halogens is 1. The highest BCUT2D eigenvalue weighted by Crippen LogP contribution is 2.20. The molecule has 1 heterocycles. The van der Waals surface area contributed by atoms with Gasteiger partial charge in [0.15, 0.2) is 0 Å². The Morgan fingerprint density at radius 3 is 2.24 bits per heavy atom. The Kier molecular flexibility index (Phi) is 6.33. The number of urea groups is 1. The van der Waals surface area contributed by atoms with E-state index in [1.54, 1.807) is 60.7 Å². The molecule has 3 aromatic carbocycles. The molecule has 4 amide bonds. The molecule has 1 fully saturated rings. The Morgan fingerprint density at radius 2 is 1.58 bits per heavy atom. The van der Waals surface area contributed by atoms with E-state index in [0.29, 0.717) is 16.1 Å². The molecule has 0 aromatic heterocycles. The zero-order chi connectivity index (χ0) is 23.4. The quantitative estimate of drug-likeness (QED) is 0.266. The Labute approximate surface area is 194 Å². The molecular weight excluding hydrogens is 444 g/mol. The maximum Gasteiger partial charge on any atom is 0.343 e. The van der Waals surface area contributed by atoms with Gasteiger partial charge in [0.05, 0.1) is 12.1 Å². The summed E-state index contributed by atoms with van der Waals surface area (Å²) in [6.45, 7) is 0.0374. The molecule has 0 aliphatic carbocycles. The Bertz CT molecular complexity index is 1250. The monoisotopic (exact) mass is 460 g/mol. The van der Waals surface area contributed by atoms with E-state index in [4.69, 9.17) is 16.3 Å². The first-order valence-corrected chi connectivity index (χ1v) is 10.3. The van der Waals surface area contributed by atoms with Gasteiger partial charge in [-0.3, -0.25) is 19.8 Å². The molecule has 0 radical (unpaired) electrons. The predicted molar refractivity (Wildman–Crippen MR) is 121 cm³/mol. The van der Waals surface area contributed by atoms with Crippen LogP contribution in [0.3, 0.4) is 0 Å². The van der Waals surface area contributed by atoms with Crippen molar-refractivity contribution in [3.8, 4) is 5.75 Å². The van der Waals surface area contributed by atoms with Gasteiger partial charge in [0.2, 0.25) is 0 Å². The number of hydrogen-bond donors (Lipinski definition) is 1. The summed E-state index contributed by atoms with van der Waals surface area (Å²) in [6.07, 6.45) is 1.38.